The Morgan fingerprint density at radius 2 is 1.69 bits per heavy atom. The first-order valence-electron chi connectivity index (χ1n) is 8.28. The first-order chi connectivity index (χ1) is 12.4. The van der Waals surface area contributed by atoms with Crippen LogP contribution in [0.25, 0.3) is 0 Å². The average molecular weight is 354 g/mol. The summed E-state index contributed by atoms with van der Waals surface area (Å²) in [4.78, 5) is 35.9. The number of aryl methyl sites for hydroxylation is 1. The largest absolute Gasteiger partial charge is 0.451 e. The third-order valence-electron chi connectivity index (χ3n) is 3.97. The predicted octanol–water partition coefficient (Wildman–Crippen LogP) is 2.60. The van der Waals surface area contributed by atoms with E-state index in [4.69, 9.17) is 4.74 Å². The lowest BCUT2D eigenvalue weighted by Gasteiger charge is -2.15. The lowest BCUT2D eigenvalue weighted by molar-refractivity contribution is -0.152. The van der Waals surface area contributed by atoms with Gasteiger partial charge in [-0.25, -0.2) is 0 Å². The Morgan fingerprint density at radius 3 is 2.38 bits per heavy atom. The molecular formula is C20H22N2O4. The number of carbonyl (C=O) groups excluding carboxylic acids is 3. The van der Waals surface area contributed by atoms with Crippen LogP contribution in [0.4, 0.5) is 5.69 Å². The summed E-state index contributed by atoms with van der Waals surface area (Å²) in [7, 11) is 0. The van der Waals surface area contributed by atoms with Crippen molar-refractivity contribution in [3.63, 3.8) is 0 Å². The molecule has 26 heavy (non-hydrogen) atoms. The van der Waals surface area contributed by atoms with Crippen molar-refractivity contribution in [2.45, 2.75) is 26.9 Å². The number of amides is 2. The molecule has 6 nitrogen and oxygen atoms in total. The van der Waals surface area contributed by atoms with E-state index >= 15 is 0 Å². The van der Waals surface area contributed by atoms with E-state index in [1.54, 1.807) is 36.4 Å². The number of ether oxygens (including phenoxy) is 1. The van der Waals surface area contributed by atoms with E-state index in [1.165, 1.54) is 6.92 Å². The van der Waals surface area contributed by atoms with Crippen LogP contribution in [0, 0.1) is 13.8 Å². The second-order valence-electron chi connectivity index (χ2n) is 5.92. The number of esters is 1. The number of hydrogen-bond acceptors (Lipinski definition) is 4. The smallest absolute Gasteiger partial charge is 0.326 e. The summed E-state index contributed by atoms with van der Waals surface area (Å²) in [6.45, 7) is 5.02. The molecule has 0 aliphatic carbocycles. The van der Waals surface area contributed by atoms with Gasteiger partial charge < -0.3 is 15.4 Å². The van der Waals surface area contributed by atoms with E-state index in [9.17, 15) is 14.4 Å². The number of rotatable bonds is 6. The van der Waals surface area contributed by atoms with Crippen LogP contribution in [0.2, 0.25) is 0 Å². The Morgan fingerprint density at radius 1 is 1.00 bits per heavy atom. The third kappa shape index (κ3) is 5.17. The maximum atomic E-state index is 12.2. The van der Waals surface area contributed by atoms with Gasteiger partial charge in [-0.2, -0.15) is 0 Å². The summed E-state index contributed by atoms with van der Waals surface area (Å²) in [6, 6.07) is 14.1. The normalized spacial score (nSPS) is 11.3. The van der Waals surface area contributed by atoms with Crippen molar-refractivity contribution in [2.24, 2.45) is 0 Å². The van der Waals surface area contributed by atoms with Crippen molar-refractivity contribution in [3.05, 3.63) is 65.2 Å². The second kappa shape index (κ2) is 8.80. The Hall–Kier alpha value is -3.15. The van der Waals surface area contributed by atoms with E-state index in [1.807, 2.05) is 26.0 Å². The fourth-order valence-corrected chi connectivity index (χ4v) is 2.26. The zero-order chi connectivity index (χ0) is 19.1. The van der Waals surface area contributed by atoms with Crippen molar-refractivity contribution in [1.29, 1.82) is 0 Å². The molecule has 0 fully saturated rings. The number of nitrogens with one attached hydrogen (secondary N) is 2. The number of carbonyl (C=O) groups is 3. The van der Waals surface area contributed by atoms with Gasteiger partial charge in [-0.05, 0) is 50.1 Å². The van der Waals surface area contributed by atoms with Crippen LogP contribution in [0.1, 0.15) is 28.4 Å². The van der Waals surface area contributed by atoms with Gasteiger partial charge in [0.1, 0.15) is 6.54 Å². The molecule has 0 saturated heterocycles. The van der Waals surface area contributed by atoms with Crippen molar-refractivity contribution in [2.75, 3.05) is 11.9 Å². The Bertz CT molecular complexity index is 803. The molecule has 2 N–H and O–H groups in total. The Balaban J connectivity index is 1.83. The molecule has 1 atom stereocenters. The Kier molecular flexibility index (Phi) is 6.49. The number of anilines is 1. The highest BCUT2D eigenvalue weighted by Crippen LogP contribution is 2.18. The summed E-state index contributed by atoms with van der Waals surface area (Å²) in [5, 5.41) is 5.21. The third-order valence-corrected chi connectivity index (χ3v) is 3.97. The van der Waals surface area contributed by atoms with Crippen LogP contribution in [-0.2, 0) is 14.3 Å². The first-order valence-corrected chi connectivity index (χ1v) is 8.28. The molecule has 0 aromatic heterocycles. The van der Waals surface area contributed by atoms with Crippen LogP contribution in [0.3, 0.4) is 0 Å². The summed E-state index contributed by atoms with van der Waals surface area (Å²) in [5.74, 6) is -1.49. The van der Waals surface area contributed by atoms with Crippen molar-refractivity contribution < 1.29 is 19.1 Å². The quantitative estimate of drug-likeness (QED) is 0.781. The topological polar surface area (TPSA) is 84.5 Å². The van der Waals surface area contributed by atoms with Gasteiger partial charge in [0.2, 0.25) is 0 Å². The molecule has 2 rings (SSSR count). The van der Waals surface area contributed by atoms with Gasteiger partial charge >= 0.3 is 5.97 Å². The molecule has 0 heterocycles. The van der Waals surface area contributed by atoms with Gasteiger partial charge in [0, 0.05) is 11.3 Å². The molecule has 0 aliphatic heterocycles. The van der Waals surface area contributed by atoms with Crippen molar-refractivity contribution in [1.82, 2.24) is 5.32 Å². The predicted molar refractivity (Wildman–Crippen MR) is 98.9 cm³/mol. The van der Waals surface area contributed by atoms with Crippen LogP contribution >= 0.6 is 0 Å². The fraction of sp³-hybridized carbons (Fsp3) is 0.250. The molecular weight excluding hydrogens is 332 g/mol. The molecule has 0 saturated carbocycles. The highest BCUT2D eigenvalue weighted by atomic mass is 16.5. The lowest BCUT2D eigenvalue weighted by atomic mass is 10.1. The van der Waals surface area contributed by atoms with Gasteiger partial charge in [0.05, 0.1) is 0 Å². The standard InChI is InChI=1S/C20H22N2O4/c1-13-8-7-11-17(14(13)2)22-19(24)15(3)26-18(23)12-21-20(25)16-9-5-4-6-10-16/h4-11,15H,12H2,1-3H3,(H,21,25)(H,22,24)/t15-/m1/s1. The maximum Gasteiger partial charge on any atom is 0.326 e. The molecule has 0 bridgehead atoms. The summed E-state index contributed by atoms with van der Waals surface area (Å²) < 4.78 is 5.08. The van der Waals surface area contributed by atoms with Crippen LogP contribution in [0.15, 0.2) is 48.5 Å². The minimum Gasteiger partial charge on any atom is -0.451 e. The zero-order valence-corrected chi connectivity index (χ0v) is 15.0. The molecule has 0 spiro atoms. The van der Waals surface area contributed by atoms with Gasteiger partial charge in [0.25, 0.3) is 11.8 Å². The van der Waals surface area contributed by atoms with E-state index in [-0.39, 0.29) is 12.5 Å². The molecule has 0 aliphatic rings. The summed E-state index contributed by atoms with van der Waals surface area (Å²) >= 11 is 0. The highest BCUT2D eigenvalue weighted by molar-refractivity contribution is 5.97. The van der Waals surface area contributed by atoms with Crippen molar-refractivity contribution in [3.8, 4) is 0 Å². The van der Waals surface area contributed by atoms with E-state index in [0.29, 0.717) is 11.3 Å². The summed E-state index contributed by atoms with van der Waals surface area (Å²) in [6.07, 6.45) is -0.976. The van der Waals surface area contributed by atoms with Gasteiger partial charge in [-0.3, -0.25) is 14.4 Å². The SMILES string of the molecule is Cc1cccc(NC(=O)[C@@H](C)OC(=O)CNC(=O)c2ccccc2)c1C. The highest BCUT2D eigenvalue weighted by Gasteiger charge is 2.19. The summed E-state index contributed by atoms with van der Waals surface area (Å²) in [5.41, 5.74) is 3.13. The number of benzene rings is 2. The van der Waals surface area contributed by atoms with E-state index < -0.39 is 18.0 Å². The second-order valence-corrected chi connectivity index (χ2v) is 5.92. The van der Waals surface area contributed by atoms with Crippen LogP contribution in [-0.4, -0.2) is 30.4 Å². The Labute approximate surface area is 152 Å². The monoisotopic (exact) mass is 354 g/mol. The minimum atomic E-state index is -0.976. The number of hydrogen-bond donors (Lipinski definition) is 2. The van der Waals surface area contributed by atoms with Gasteiger partial charge in [-0.15, -0.1) is 0 Å². The lowest BCUT2D eigenvalue weighted by Crippen LogP contribution is -2.35. The minimum absolute atomic E-state index is 0.311. The van der Waals surface area contributed by atoms with Gasteiger partial charge in [0.15, 0.2) is 6.10 Å². The molecule has 0 radical (unpaired) electrons. The molecule has 2 aromatic carbocycles. The zero-order valence-electron chi connectivity index (χ0n) is 15.0. The van der Waals surface area contributed by atoms with Gasteiger partial charge in [-0.1, -0.05) is 30.3 Å². The fourth-order valence-electron chi connectivity index (χ4n) is 2.26. The molecule has 0 unspecified atom stereocenters. The molecule has 136 valence electrons. The average Bonchev–Trinajstić information content (AvgIpc) is 2.64. The van der Waals surface area contributed by atoms with Crippen molar-refractivity contribution >= 4 is 23.5 Å². The first kappa shape index (κ1) is 19.2. The molecule has 2 aromatic rings. The molecule has 2 amide bonds. The van der Waals surface area contributed by atoms with Crippen LogP contribution in [0.5, 0.6) is 0 Å². The van der Waals surface area contributed by atoms with E-state index in [2.05, 4.69) is 10.6 Å². The van der Waals surface area contributed by atoms with Crippen LogP contribution < -0.4 is 10.6 Å². The maximum absolute atomic E-state index is 12.2. The van der Waals surface area contributed by atoms with E-state index in [0.717, 1.165) is 11.1 Å². The molecule has 6 heteroatoms.